The lowest BCUT2D eigenvalue weighted by molar-refractivity contribution is -0.155. The summed E-state index contributed by atoms with van der Waals surface area (Å²) in [7, 11) is 0. The Morgan fingerprint density at radius 2 is 1.86 bits per heavy atom. The molecule has 3 aromatic rings. The van der Waals surface area contributed by atoms with Gasteiger partial charge in [-0.3, -0.25) is 4.79 Å². The average Bonchev–Trinajstić information content (AvgIpc) is 3.11. The van der Waals surface area contributed by atoms with Gasteiger partial charge in [0.25, 0.3) is 0 Å². The fraction of sp³-hybridized carbons (Fsp3) is 0.273. The Labute approximate surface area is 163 Å². The monoisotopic (exact) mass is 378 g/mol. The molecule has 1 unspecified atom stereocenters. The number of hydrogen-bond donors (Lipinski definition) is 0. The third-order valence-corrected chi connectivity index (χ3v) is 4.84. The highest BCUT2D eigenvalue weighted by Gasteiger charge is 2.23. The second-order valence-corrected chi connectivity index (χ2v) is 6.76. The van der Waals surface area contributed by atoms with Gasteiger partial charge in [0.15, 0.2) is 5.76 Å². The number of rotatable bonds is 4. The van der Waals surface area contributed by atoms with Crippen LogP contribution in [0.25, 0.3) is 22.6 Å². The van der Waals surface area contributed by atoms with Crippen molar-refractivity contribution >= 4 is 5.91 Å². The summed E-state index contributed by atoms with van der Waals surface area (Å²) in [6.45, 7) is 5.07. The van der Waals surface area contributed by atoms with Crippen LogP contribution in [0.15, 0.2) is 59.1 Å². The minimum absolute atomic E-state index is 0.0305. The van der Waals surface area contributed by atoms with Gasteiger partial charge in [-0.15, -0.1) is 0 Å². The quantitative estimate of drug-likeness (QED) is 0.689. The molecule has 6 nitrogen and oxygen atoms in total. The number of carbonyl (C=O) groups is 1. The molecule has 0 spiro atoms. The molecule has 0 aliphatic carbocycles. The van der Waals surface area contributed by atoms with Crippen LogP contribution in [0.2, 0.25) is 0 Å². The Morgan fingerprint density at radius 3 is 2.57 bits per heavy atom. The molecule has 0 N–H and O–H groups in total. The summed E-state index contributed by atoms with van der Waals surface area (Å²) < 4.78 is 17.1. The third kappa shape index (κ3) is 3.77. The van der Waals surface area contributed by atoms with Gasteiger partial charge in [-0.25, -0.2) is 0 Å². The van der Waals surface area contributed by atoms with Crippen molar-refractivity contribution in [3.63, 3.8) is 0 Å². The summed E-state index contributed by atoms with van der Waals surface area (Å²) >= 11 is 0. The van der Waals surface area contributed by atoms with Gasteiger partial charge in [0.1, 0.15) is 11.4 Å². The van der Waals surface area contributed by atoms with Crippen LogP contribution in [-0.4, -0.2) is 42.0 Å². The summed E-state index contributed by atoms with van der Waals surface area (Å²) in [5, 5.41) is 4.25. The van der Waals surface area contributed by atoms with Crippen LogP contribution in [0.1, 0.15) is 12.5 Å². The molecule has 6 heteroatoms. The number of nitrogens with zero attached hydrogens (tertiary/aromatic N) is 2. The molecule has 2 heterocycles. The molecule has 1 aliphatic heterocycles. The van der Waals surface area contributed by atoms with Crippen molar-refractivity contribution in [1.29, 1.82) is 0 Å². The Bertz CT molecular complexity index is 950. The van der Waals surface area contributed by atoms with Gasteiger partial charge in [0.2, 0.25) is 12.2 Å². The van der Waals surface area contributed by atoms with Gasteiger partial charge in [0, 0.05) is 30.2 Å². The summed E-state index contributed by atoms with van der Waals surface area (Å²) in [6.07, 6.45) is -0.457. The van der Waals surface area contributed by atoms with Gasteiger partial charge >= 0.3 is 0 Å². The molecule has 1 amide bonds. The summed E-state index contributed by atoms with van der Waals surface area (Å²) in [5.41, 5.74) is 3.75. The number of amides is 1. The molecule has 2 aromatic carbocycles. The van der Waals surface area contributed by atoms with E-state index in [0.29, 0.717) is 25.4 Å². The molecule has 4 rings (SSSR count). The van der Waals surface area contributed by atoms with E-state index in [2.05, 4.69) is 5.16 Å². The van der Waals surface area contributed by atoms with Crippen molar-refractivity contribution < 1.29 is 18.8 Å². The van der Waals surface area contributed by atoms with Crippen molar-refractivity contribution in [2.45, 2.75) is 20.1 Å². The Kier molecular flexibility index (Phi) is 5.12. The largest absolute Gasteiger partial charge is 0.463 e. The number of ether oxygens (including phenoxy) is 2. The average molecular weight is 378 g/mol. The van der Waals surface area contributed by atoms with E-state index >= 15 is 0 Å². The van der Waals surface area contributed by atoms with Crippen LogP contribution in [-0.2, 0) is 9.53 Å². The van der Waals surface area contributed by atoms with E-state index in [-0.39, 0.29) is 5.91 Å². The maximum Gasteiger partial charge on any atom is 0.219 e. The van der Waals surface area contributed by atoms with E-state index in [9.17, 15) is 4.79 Å². The zero-order valence-corrected chi connectivity index (χ0v) is 15.9. The van der Waals surface area contributed by atoms with Gasteiger partial charge < -0.3 is 18.9 Å². The molecular formula is C22H22N2O4. The molecule has 1 saturated heterocycles. The van der Waals surface area contributed by atoms with E-state index in [1.807, 2.05) is 61.5 Å². The highest BCUT2D eigenvalue weighted by Crippen LogP contribution is 2.32. The summed E-state index contributed by atoms with van der Waals surface area (Å²) in [4.78, 5) is 13.3. The second-order valence-electron chi connectivity index (χ2n) is 6.76. The van der Waals surface area contributed by atoms with E-state index in [1.54, 1.807) is 11.8 Å². The Hall–Kier alpha value is -3.12. The molecule has 0 bridgehead atoms. The van der Waals surface area contributed by atoms with Crippen molar-refractivity contribution in [1.82, 2.24) is 10.1 Å². The maximum atomic E-state index is 11.5. The van der Waals surface area contributed by atoms with Crippen LogP contribution in [0.5, 0.6) is 5.75 Å². The first-order valence-corrected chi connectivity index (χ1v) is 9.27. The summed E-state index contributed by atoms with van der Waals surface area (Å²) in [5.74, 6) is 1.49. The fourth-order valence-electron chi connectivity index (χ4n) is 3.28. The molecule has 0 saturated carbocycles. The van der Waals surface area contributed by atoms with Gasteiger partial charge in [-0.1, -0.05) is 35.5 Å². The fourth-order valence-corrected chi connectivity index (χ4v) is 3.28. The number of morpholine rings is 1. The van der Waals surface area contributed by atoms with Crippen molar-refractivity contribution in [3.05, 3.63) is 60.2 Å². The molecule has 1 aliphatic rings. The maximum absolute atomic E-state index is 11.5. The predicted octanol–water partition coefficient (Wildman–Crippen LogP) is 3.90. The van der Waals surface area contributed by atoms with Crippen LogP contribution in [0.4, 0.5) is 0 Å². The molecular weight excluding hydrogens is 356 g/mol. The zero-order chi connectivity index (χ0) is 19.5. The highest BCUT2D eigenvalue weighted by molar-refractivity contribution is 5.73. The number of aromatic nitrogens is 1. The second kappa shape index (κ2) is 7.86. The molecule has 144 valence electrons. The number of carbonyl (C=O) groups excluding carboxylic acids is 1. The van der Waals surface area contributed by atoms with Crippen molar-refractivity contribution in [2.75, 3.05) is 19.7 Å². The normalized spacial score (nSPS) is 16.8. The van der Waals surface area contributed by atoms with Crippen molar-refractivity contribution in [2.24, 2.45) is 0 Å². The van der Waals surface area contributed by atoms with Gasteiger partial charge in [-0.05, 0) is 31.2 Å². The topological polar surface area (TPSA) is 64.8 Å². The molecule has 1 aromatic heterocycles. The Morgan fingerprint density at radius 1 is 1.11 bits per heavy atom. The van der Waals surface area contributed by atoms with Gasteiger partial charge in [0.05, 0.1) is 13.2 Å². The predicted molar refractivity (Wildman–Crippen MR) is 105 cm³/mol. The van der Waals surface area contributed by atoms with E-state index < -0.39 is 6.29 Å². The van der Waals surface area contributed by atoms with E-state index in [4.69, 9.17) is 14.0 Å². The van der Waals surface area contributed by atoms with E-state index in [1.165, 1.54) is 0 Å². The minimum Gasteiger partial charge on any atom is -0.463 e. The minimum atomic E-state index is -0.457. The molecule has 28 heavy (non-hydrogen) atoms. The highest BCUT2D eigenvalue weighted by atomic mass is 16.7. The summed E-state index contributed by atoms with van der Waals surface area (Å²) in [6, 6.07) is 17.6. The first-order chi connectivity index (χ1) is 13.6. The number of benzene rings is 2. The first-order valence-electron chi connectivity index (χ1n) is 9.27. The molecule has 0 radical (unpaired) electrons. The van der Waals surface area contributed by atoms with Crippen LogP contribution >= 0.6 is 0 Å². The smallest absolute Gasteiger partial charge is 0.219 e. The zero-order valence-electron chi connectivity index (χ0n) is 15.9. The lowest BCUT2D eigenvalue weighted by Crippen LogP contribution is -2.46. The molecule has 1 fully saturated rings. The van der Waals surface area contributed by atoms with Crippen molar-refractivity contribution in [3.8, 4) is 28.3 Å². The SMILES string of the molecule is CC(=O)N1CCOC(Oc2ccc(-c3noc(-c4ccccc4)c3C)cc2)C1. The molecule has 1 atom stereocenters. The Balaban J connectivity index is 1.48. The lowest BCUT2D eigenvalue weighted by Gasteiger charge is -2.32. The van der Waals surface area contributed by atoms with Gasteiger partial charge in [-0.2, -0.15) is 0 Å². The lowest BCUT2D eigenvalue weighted by atomic mass is 10.0. The third-order valence-electron chi connectivity index (χ3n) is 4.84. The van der Waals surface area contributed by atoms with Crippen LogP contribution < -0.4 is 4.74 Å². The standard InChI is InChI=1S/C22H22N2O4/c1-15-21(23-28-22(15)18-6-4-3-5-7-18)17-8-10-19(11-9-17)27-20-14-24(16(2)25)12-13-26-20/h3-11,20H,12-14H2,1-2H3. The van der Waals surface area contributed by atoms with Crippen LogP contribution in [0.3, 0.4) is 0 Å². The van der Waals surface area contributed by atoms with E-state index in [0.717, 1.165) is 28.1 Å². The van der Waals surface area contributed by atoms with Crippen LogP contribution in [0, 0.1) is 6.92 Å². The number of hydrogen-bond acceptors (Lipinski definition) is 5. The first kappa shape index (κ1) is 18.3.